The molecule has 0 N–H and O–H groups in total. The number of benzene rings is 5. The van der Waals surface area contributed by atoms with Gasteiger partial charge >= 0.3 is 0 Å². The number of nitrogens with zero attached hydrogens (tertiary/aromatic N) is 1. The van der Waals surface area contributed by atoms with Crippen molar-refractivity contribution in [1.82, 2.24) is 4.57 Å². The molecule has 0 bridgehead atoms. The van der Waals surface area contributed by atoms with Gasteiger partial charge in [-0.05, 0) is 47.3 Å². The van der Waals surface area contributed by atoms with Crippen LogP contribution in [0.4, 0.5) is 0 Å². The highest BCUT2D eigenvalue weighted by Gasteiger charge is 2.18. The van der Waals surface area contributed by atoms with E-state index in [1.165, 1.54) is 54.6 Å². The molecule has 5 aromatic carbocycles. The normalized spacial score (nSPS) is 11.8. The van der Waals surface area contributed by atoms with Crippen molar-refractivity contribution >= 4 is 43.4 Å². The van der Waals surface area contributed by atoms with Crippen molar-refractivity contribution in [2.75, 3.05) is 0 Å². The van der Waals surface area contributed by atoms with Gasteiger partial charge in [0.2, 0.25) is 0 Å². The average Bonchev–Trinajstić information content (AvgIpc) is 3.09. The third-order valence-corrected chi connectivity index (χ3v) is 5.81. The first-order chi connectivity index (χ1) is 13.8. The molecule has 0 aliphatic heterocycles. The molecule has 1 nitrogen and oxygen atoms in total. The van der Waals surface area contributed by atoms with E-state index in [4.69, 9.17) is 0 Å². The van der Waals surface area contributed by atoms with E-state index in [2.05, 4.69) is 109 Å². The molecule has 0 aliphatic carbocycles. The first-order valence-electron chi connectivity index (χ1n) is 9.72. The number of hydrogen-bond donors (Lipinski definition) is 0. The predicted octanol–water partition coefficient (Wildman–Crippen LogP) is 7.40. The van der Waals surface area contributed by atoms with Crippen molar-refractivity contribution < 1.29 is 0 Å². The van der Waals surface area contributed by atoms with Crippen LogP contribution in [0, 0.1) is 6.92 Å². The Morgan fingerprint density at radius 3 is 1.89 bits per heavy atom. The van der Waals surface area contributed by atoms with Gasteiger partial charge in [-0.15, -0.1) is 0 Å². The molecular weight excluding hydrogens is 338 g/mol. The van der Waals surface area contributed by atoms with Crippen LogP contribution in [-0.4, -0.2) is 4.57 Å². The molecule has 6 aromatic rings. The minimum atomic E-state index is 1.20. The minimum absolute atomic E-state index is 1.20. The van der Waals surface area contributed by atoms with Crippen molar-refractivity contribution in [3.8, 4) is 5.69 Å². The van der Waals surface area contributed by atoms with Crippen LogP contribution >= 0.6 is 0 Å². The molecule has 1 heterocycles. The molecule has 1 heteroatoms. The van der Waals surface area contributed by atoms with Crippen LogP contribution < -0.4 is 0 Å². The fourth-order valence-electron chi connectivity index (χ4n) is 4.64. The molecule has 0 spiro atoms. The Hall–Kier alpha value is -3.58. The first kappa shape index (κ1) is 15.5. The fraction of sp³-hybridized carbons (Fsp3) is 0.0370. The van der Waals surface area contributed by atoms with E-state index < -0.39 is 0 Å². The summed E-state index contributed by atoms with van der Waals surface area (Å²) in [7, 11) is 0. The highest BCUT2D eigenvalue weighted by Crippen LogP contribution is 2.42. The Labute approximate surface area is 163 Å². The molecule has 1 aromatic heterocycles. The van der Waals surface area contributed by atoms with Crippen LogP contribution in [0.2, 0.25) is 0 Å². The van der Waals surface area contributed by atoms with Gasteiger partial charge in [0, 0.05) is 21.8 Å². The van der Waals surface area contributed by atoms with Crippen LogP contribution in [0.1, 0.15) is 5.56 Å². The molecule has 0 amide bonds. The summed E-state index contributed by atoms with van der Waals surface area (Å²) in [6, 6.07) is 35.1. The zero-order chi connectivity index (χ0) is 18.7. The SMILES string of the molecule is Cc1ccc2c(c1)c1c3ccccc3c3ccccc3c1n2-c1ccccc1. The lowest BCUT2D eigenvalue weighted by Crippen LogP contribution is -1.94. The lowest BCUT2D eigenvalue weighted by molar-refractivity contribution is 1.19. The lowest BCUT2D eigenvalue weighted by atomic mass is 9.96. The topological polar surface area (TPSA) is 4.93 Å². The predicted molar refractivity (Wildman–Crippen MR) is 121 cm³/mol. The number of fused-ring (bicyclic) bond motifs is 8. The van der Waals surface area contributed by atoms with Gasteiger partial charge < -0.3 is 4.57 Å². The molecular formula is C27H19N. The summed E-state index contributed by atoms with van der Waals surface area (Å²) < 4.78 is 2.43. The van der Waals surface area contributed by atoms with Gasteiger partial charge in [-0.1, -0.05) is 78.4 Å². The standard InChI is InChI=1S/C27H19N/c1-18-15-16-25-24(17-18)26-22-13-7-5-11-20(22)21-12-6-8-14-23(21)27(26)28(25)19-9-3-2-4-10-19/h2-17H,1H3. The van der Waals surface area contributed by atoms with Crippen molar-refractivity contribution in [3.63, 3.8) is 0 Å². The smallest absolute Gasteiger partial charge is 0.0625 e. The van der Waals surface area contributed by atoms with Gasteiger partial charge in [0.05, 0.1) is 11.0 Å². The second-order valence-electron chi connectivity index (χ2n) is 7.51. The maximum Gasteiger partial charge on any atom is 0.0625 e. The van der Waals surface area contributed by atoms with Gasteiger partial charge in [-0.25, -0.2) is 0 Å². The van der Waals surface area contributed by atoms with Gasteiger partial charge in [0.1, 0.15) is 0 Å². The Balaban J connectivity index is 2.02. The summed E-state index contributed by atoms with van der Waals surface area (Å²) in [6.07, 6.45) is 0. The summed E-state index contributed by atoms with van der Waals surface area (Å²) >= 11 is 0. The van der Waals surface area contributed by atoms with Gasteiger partial charge in [-0.3, -0.25) is 0 Å². The summed E-state index contributed by atoms with van der Waals surface area (Å²) in [4.78, 5) is 0. The van der Waals surface area contributed by atoms with E-state index in [0.717, 1.165) is 0 Å². The molecule has 0 radical (unpaired) electrons. The van der Waals surface area contributed by atoms with Gasteiger partial charge in [-0.2, -0.15) is 0 Å². The van der Waals surface area contributed by atoms with Crippen LogP contribution in [0.5, 0.6) is 0 Å². The number of aromatic nitrogens is 1. The molecule has 0 saturated carbocycles. The van der Waals surface area contributed by atoms with Crippen molar-refractivity contribution in [3.05, 3.63) is 103 Å². The third kappa shape index (κ3) is 2.02. The highest BCUT2D eigenvalue weighted by atomic mass is 15.0. The van der Waals surface area contributed by atoms with Crippen LogP contribution in [0.15, 0.2) is 97.1 Å². The van der Waals surface area contributed by atoms with E-state index in [9.17, 15) is 0 Å². The number of rotatable bonds is 1. The largest absolute Gasteiger partial charge is 0.309 e. The maximum absolute atomic E-state index is 2.43. The molecule has 0 saturated heterocycles. The summed E-state index contributed by atoms with van der Waals surface area (Å²) in [5.41, 5.74) is 5.04. The molecule has 0 unspecified atom stereocenters. The monoisotopic (exact) mass is 357 g/mol. The van der Waals surface area contributed by atoms with E-state index >= 15 is 0 Å². The Morgan fingerprint density at radius 2 is 1.14 bits per heavy atom. The minimum Gasteiger partial charge on any atom is -0.309 e. The summed E-state index contributed by atoms with van der Waals surface area (Å²) in [5, 5.41) is 7.91. The van der Waals surface area contributed by atoms with E-state index in [0.29, 0.717) is 0 Å². The molecule has 0 atom stereocenters. The van der Waals surface area contributed by atoms with Crippen molar-refractivity contribution in [2.45, 2.75) is 6.92 Å². The Morgan fingerprint density at radius 1 is 0.536 bits per heavy atom. The van der Waals surface area contributed by atoms with Gasteiger partial charge in [0.15, 0.2) is 0 Å². The summed E-state index contributed by atoms with van der Waals surface area (Å²) in [5.74, 6) is 0. The third-order valence-electron chi connectivity index (χ3n) is 5.81. The second kappa shape index (κ2) is 5.71. The molecule has 6 rings (SSSR count). The number of para-hydroxylation sites is 1. The number of aryl methyl sites for hydroxylation is 1. The van der Waals surface area contributed by atoms with Crippen LogP contribution in [0.3, 0.4) is 0 Å². The van der Waals surface area contributed by atoms with Crippen LogP contribution in [0.25, 0.3) is 49.0 Å². The molecule has 0 fully saturated rings. The van der Waals surface area contributed by atoms with Crippen molar-refractivity contribution in [2.24, 2.45) is 0 Å². The Kier molecular flexibility index (Phi) is 3.15. The van der Waals surface area contributed by atoms with Gasteiger partial charge in [0.25, 0.3) is 0 Å². The number of hydrogen-bond acceptors (Lipinski definition) is 0. The zero-order valence-corrected chi connectivity index (χ0v) is 15.7. The lowest BCUT2D eigenvalue weighted by Gasteiger charge is -2.12. The van der Waals surface area contributed by atoms with E-state index in [1.807, 2.05) is 0 Å². The average molecular weight is 357 g/mol. The highest BCUT2D eigenvalue weighted by molar-refractivity contribution is 6.32. The zero-order valence-electron chi connectivity index (χ0n) is 15.7. The van der Waals surface area contributed by atoms with Crippen molar-refractivity contribution in [1.29, 1.82) is 0 Å². The Bertz CT molecular complexity index is 1500. The first-order valence-corrected chi connectivity index (χ1v) is 9.72. The summed E-state index contributed by atoms with van der Waals surface area (Å²) in [6.45, 7) is 2.17. The van der Waals surface area contributed by atoms with E-state index in [-0.39, 0.29) is 0 Å². The fourth-order valence-corrected chi connectivity index (χ4v) is 4.64. The van der Waals surface area contributed by atoms with E-state index in [1.54, 1.807) is 0 Å². The molecule has 132 valence electrons. The maximum atomic E-state index is 2.43. The van der Waals surface area contributed by atoms with Crippen LogP contribution in [-0.2, 0) is 0 Å². The second-order valence-corrected chi connectivity index (χ2v) is 7.51. The quantitative estimate of drug-likeness (QED) is 0.270. The molecule has 0 aliphatic rings. The molecule has 28 heavy (non-hydrogen) atoms.